The molecule has 19 heavy (non-hydrogen) atoms. The van der Waals surface area contributed by atoms with Crippen molar-refractivity contribution in [3.8, 4) is 0 Å². The molecule has 104 valence electrons. The average molecular weight is 283 g/mol. The molecule has 0 heterocycles. The summed E-state index contributed by atoms with van der Waals surface area (Å²) in [5, 5.41) is 14.6. The van der Waals surface area contributed by atoms with E-state index in [1.807, 2.05) is 7.05 Å². The van der Waals surface area contributed by atoms with Crippen molar-refractivity contribution in [2.24, 2.45) is 5.92 Å². The first-order valence-corrected chi connectivity index (χ1v) is 7.09. The van der Waals surface area contributed by atoms with E-state index in [2.05, 4.69) is 5.32 Å². The SMILES string of the molecule is CNC1CCCCC1Cc1ccc([N+](=O)[O-])cc1Cl. The van der Waals surface area contributed by atoms with E-state index in [1.165, 1.54) is 31.7 Å². The highest BCUT2D eigenvalue weighted by Crippen LogP contribution is 2.31. The molecule has 1 aliphatic carbocycles. The lowest BCUT2D eigenvalue weighted by molar-refractivity contribution is -0.384. The van der Waals surface area contributed by atoms with Gasteiger partial charge in [-0.05, 0) is 37.8 Å². The van der Waals surface area contributed by atoms with Gasteiger partial charge in [0.05, 0.1) is 9.95 Å². The molecule has 0 aromatic heterocycles. The van der Waals surface area contributed by atoms with Crippen molar-refractivity contribution in [3.63, 3.8) is 0 Å². The van der Waals surface area contributed by atoms with Crippen LogP contribution in [-0.2, 0) is 6.42 Å². The topological polar surface area (TPSA) is 55.2 Å². The van der Waals surface area contributed by atoms with Gasteiger partial charge in [0.25, 0.3) is 5.69 Å². The summed E-state index contributed by atoms with van der Waals surface area (Å²) in [5.41, 5.74) is 1.07. The predicted molar refractivity (Wildman–Crippen MR) is 76.6 cm³/mol. The van der Waals surface area contributed by atoms with Crippen molar-refractivity contribution in [3.05, 3.63) is 38.9 Å². The molecule has 1 N–H and O–H groups in total. The third-order valence-corrected chi connectivity index (χ3v) is 4.36. The number of rotatable bonds is 4. The number of halogens is 1. The quantitative estimate of drug-likeness (QED) is 0.678. The molecule has 0 amide bonds. The van der Waals surface area contributed by atoms with Gasteiger partial charge in [0.1, 0.15) is 0 Å². The highest BCUT2D eigenvalue weighted by molar-refractivity contribution is 6.31. The van der Waals surface area contributed by atoms with Crippen LogP contribution in [0.25, 0.3) is 0 Å². The Balaban J connectivity index is 2.11. The molecule has 0 spiro atoms. The van der Waals surface area contributed by atoms with Crippen molar-refractivity contribution in [2.75, 3.05) is 7.05 Å². The zero-order valence-electron chi connectivity index (χ0n) is 11.1. The Labute approximate surface area is 118 Å². The second kappa shape index (κ2) is 6.35. The van der Waals surface area contributed by atoms with Gasteiger partial charge in [-0.1, -0.05) is 30.5 Å². The minimum absolute atomic E-state index is 0.0579. The van der Waals surface area contributed by atoms with Gasteiger partial charge in [0, 0.05) is 18.2 Å². The smallest absolute Gasteiger partial charge is 0.270 e. The van der Waals surface area contributed by atoms with Crippen LogP contribution < -0.4 is 5.32 Å². The standard InChI is InChI=1S/C14H19ClN2O2/c1-16-14-5-3-2-4-11(14)8-10-6-7-12(17(18)19)9-13(10)15/h6-7,9,11,14,16H,2-5,8H2,1H3. The molecule has 5 heteroatoms. The molecule has 1 saturated carbocycles. The number of hydrogen-bond acceptors (Lipinski definition) is 3. The average Bonchev–Trinajstić information content (AvgIpc) is 2.41. The summed E-state index contributed by atoms with van der Waals surface area (Å²) in [6, 6.07) is 5.31. The second-order valence-corrected chi connectivity index (χ2v) is 5.58. The number of benzene rings is 1. The summed E-state index contributed by atoms with van der Waals surface area (Å²) >= 11 is 6.16. The van der Waals surface area contributed by atoms with Crippen LogP contribution >= 0.6 is 11.6 Å². The molecular formula is C14H19ClN2O2. The first-order valence-electron chi connectivity index (χ1n) is 6.72. The van der Waals surface area contributed by atoms with Gasteiger partial charge < -0.3 is 5.32 Å². The molecule has 4 nitrogen and oxygen atoms in total. The minimum atomic E-state index is -0.410. The third-order valence-electron chi connectivity index (χ3n) is 4.01. The van der Waals surface area contributed by atoms with E-state index in [0.29, 0.717) is 17.0 Å². The van der Waals surface area contributed by atoms with Crippen molar-refractivity contribution in [1.29, 1.82) is 0 Å². The van der Waals surface area contributed by atoms with E-state index >= 15 is 0 Å². The lowest BCUT2D eigenvalue weighted by Gasteiger charge is -2.31. The molecule has 1 aliphatic rings. The van der Waals surface area contributed by atoms with Crippen LogP contribution in [0.15, 0.2) is 18.2 Å². The molecule has 2 rings (SSSR count). The van der Waals surface area contributed by atoms with Gasteiger partial charge in [-0.15, -0.1) is 0 Å². The van der Waals surface area contributed by atoms with E-state index in [0.717, 1.165) is 12.0 Å². The Morgan fingerprint density at radius 1 is 1.42 bits per heavy atom. The molecule has 2 unspecified atom stereocenters. The van der Waals surface area contributed by atoms with Gasteiger partial charge >= 0.3 is 0 Å². The number of nitrogens with zero attached hydrogens (tertiary/aromatic N) is 1. The highest BCUT2D eigenvalue weighted by Gasteiger charge is 2.24. The van der Waals surface area contributed by atoms with Gasteiger partial charge in [-0.3, -0.25) is 10.1 Å². The van der Waals surface area contributed by atoms with Gasteiger partial charge in [0.2, 0.25) is 0 Å². The van der Waals surface area contributed by atoms with Crippen molar-refractivity contribution in [2.45, 2.75) is 38.1 Å². The van der Waals surface area contributed by atoms with Crippen molar-refractivity contribution in [1.82, 2.24) is 5.32 Å². The monoisotopic (exact) mass is 282 g/mol. The molecule has 1 aromatic carbocycles. The number of nitro benzene ring substituents is 1. The predicted octanol–water partition coefficient (Wildman–Crippen LogP) is 3.57. The van der Waals surface area contributed by atoms with E-state index in [1.54, 1.807) is 12.1 Å². The van der Waals surface area contributed by atoms with Crippen LogP contribution in [0.5, 0.6) is 0 Å². The summed E-state index contributed by atoms with van der Waals surface area (Å²) in [6.07, 6.45) is 5.82. The van der Waals surface area contributed by atoms with E-state index < -0.39 is 4.92 Å². The second-order valence-electron chi connectivity index (χ2n) is 5.18. The first-order chi connectivity index (χ1) is 9.11. The molecule has 0 bridgehead atoms. The first kappa shape index (κ1) is 14.3. The Morgan fingerprint density at radius 3 is 2.79 bits per heavy atom. The highest BCUT2D eigenvalue weighted by atomic mass is 35.5. The van der Waals surface area contributed by atoms with Crippen molar-refractivity contribution < 1.29 is 4.92 Å². The summed E-state index contributed by atoms with van der Waals surface area (Å²) in [6.45, 7) is 0. The molecular weight excluding hydrogens is 264 g/mol. The summed E-state index contributed by atoms with van der Waals surface area (Å²) in [4.78, 5) is 10.3. The Morgan fingerprint density at radius 2 is 2.16 bits per heavy atom. The Bertz CT molecular complexity index is 465. The molecule has 1 fully saturated rings. The van der Waals surface area contributed by atoms with Crippen LogP contribution in [0, 0.1) is 16.0 Å². The Hall–Kier alpha value is -1.13. The number of nitro groups is 1. The van der Waals surface area contributed by atoms with Crippen LogP contribution in [0.4, 0.5) is 5.69 Å². The number of nitrogens with one attached hydrogen (secondary N) is 1. The largest absolute Gasteiger partial charge is 0.317 e. The zero-order valence-corrected chi connectivity index (χ0v) is 11.8. The normalized spacial score (nSPS) is 23.3. The number of non-ortho nitro benzene ring substituents is 1. The zero-order chi connectivity index (χ0) is 13.8. The van der Waals surface area contributed by atoms with Crippen LogP contribution in [0.2, 0.25) is 5.02 Å². The van der Waals surface area contributed by atoms with E-state index in [4.69, 9.17) is 11.6 Å². The third kappa shape index (κ3) is 3.45. The molecule has 0 radical (unpaired) electrons. The van der Waals surface area contributed by atoms with Crippen LogP contribution in [-0.4, -0.2) is 18.0 Å². The summed E-state index contributed by atoms with van der Waals surface area (Å²) < 4.78 is 0. The fourth-order valence-corrected chi connectivity index (χ4v) is 3.18. The van der Waals surface area contributed by atoms with Gasteiger partial charge in [0.15, 0.2) is 0 Å². The lowest BCUT2D eigenvalue weighted by Crippen LogP contribution is -2.37. The maximum atomic E-state index is 10.7. The Kier molecular flexibility index (Phi) is 4.77. The lowest BCUT2D eigenvalue weighted by atomic mass is 9.81. The maximum absolute atomic E-state index is 10.7. The minimum Gasteiger partial charge on any atom is -0.317 e. The summed E-state index contributed by atoms with van der Waals surface area (Å²) in [7, 11) is 2.00. The van der Waals surface area contributed by atoms with Gasteiger partial charge in [-0.25, -0.2) is 0 Å². The maximum Gasteiger partial charge on any atom is 0.270 e. The molecule has 1 aromatic rings. The fourth-order valence-electron chi connectivity index (χ4n) is 2.93. The summed E-state index contributed by atoms with van der Waals surface area (Å²) in [5.74, 6) is 0.567. The van der Waals surface area contributed by atoms with Crippen molar-refractivity contribution >= 4 is 17.3 Å². The van der Waals surface area contributed by atoms with E-state index in [-0.39, 0.29) is 5.69 Å². The van der Waals surface area contributed by atoms with Crippen LogP contribution in [0.3, 0.4) is 0 Å². The van der Waals surface area contributed by atoms with Crippen LogP contribution in [0.1, 0.15) is 31.2 Å². The van der Waals surface area contributed by atoms with Gasteiger partial charge in [-0.2, -0.15) is 0 Å². The molecule has 0 saturated heterocycles. The fraction of sp³-hybridized carbons (Fsp3) is 0.571. The molecule has 2 atom stereocenters. The number of hydrogen-bond donors (Lipinski definition) is 1. The molecule has 0 aliphatic heterocycles. The van der Waals surface area contributed by atoms with E-state index in [9.17, 15) is 10.1 Å².